The minimum absolute atomic E-state index is 0.743. The molecule has 0 amide bonds. The number of hydrogen-bond donors (Lipinski definition) is 1. The van der Waals surface area contributed by atoms with Gasteiger partial charge in [0.15, 0.2) is 0 Å². The van der Waals surface area contributed by atoms with Gasteiger partial charge in [0.2, 0.25) is 0 Å². The lowest BCUT2D eigenvalue weighted by atomic mass is 9.79. The summed E-state index contributed by atoms with van der Waals surface area (Å²) in [5, 5.41) is 3.96. The standard InChI is InChI=1S/C22H45N/c1-6-10-13-19(7-2)14-11-15-20(8-3)18(5)22(9-4)23-21-16-12-17-21/h18-23H,6-17H2,1-5H3. The predicted octanol–water partition coefficient (Wildman–Crippen LogP) is 6.96. The van der Waals surface area contributed by atoms with Gasteiger partial charge in [-0.05, 0) is 37.0 Å². The Morgan fingerprint density at radius 3 is 2.04 bits per heavy atom. The van der Waals surface area contributed by atoms with Crippen molar-refractivity contribution in [3.63, 3.8) is 0 Å². The van der Waals surface area contributed by atoms with E-state index < -0.39 is 0 Å². The van der Waals surface area contributed by atoms with E-state index in [9.17, 15) is 0 Å². The Morgan fingerprint density at radius 2 is 1.57 bits per heavy atom. The van der Waals surface area contributed by atoms with Crippen molar-refractivity contribution in [1.29, 1.82) is 0 Å². The normalized spacial score (nSPS) is 20.7. The molecule has 0 spiro atoms. The van der Waals surface area contributed by atoms with Crippen molar-refractivity contribution in [1.82, 2.24) is 5.32 Å². The van der Waals surface area contributed by atoms with Crippen LogP contribution < -0.4 is 5.32 Å². The van der Waals surface area contributed by atoms with E-state index in [2.05, 4.69) is 39.9 Å². The minimum Gasteiger partial charge on any atom is -0.311 e. The molecule has 0 bridgehead atoms. The van der Waals surface area contributed by atoms with Gasteiger partial charge in [-0.25, -0.2) is 0 Å². The van der Waals surface area contributed by atoms with E-state index in [1.807, 2.05) is 0 Å². The molecular formula is C22H45N. The monoisotopic (exact) mass is 323 g/mol. The van der Waals surface area contributed by atoms with Gasteiger partial charge in [0.1, 0.15) is 0 Å². The highest BCUT2D eigenvalue weighted by Gasteiger charge is 2.27. The predicted molar refractivity (Wildman–Crippen MR) is 105 cm³/mol. The summed E-state index contributed by atoms with van der Waals surface area (Å²) in [6.07, 6.45) is 16.9. The lowest BCUT2D eigenvalue weighted by Gasteiger charge is -2.37. The molecule has 4 atom stereocenters. The second-order valence-electron chi connectivity index (χ2n) is 8.18. The molecule has 23 heavy (non-hydrogen) atoms. The molecule has 0 heterocycles. The Labute approximate surface area is 147 Å². The van der Waals surface area contributed by atoms with Crippen LogP contribution in [0.25, 0.3) is 0 Å². The lowest BCUT2D eigenvalue weighted by molar-refractivity contribution is 0.196. The molecule has 4 unspecified atom stereocenters. The van der Waals surface area contributed by atoms with Crippen molar-refractivity contribution < 1.29 is 0 Å². The van der Waals surface area contributed by atoms with Gasteiger partial charge >= 0.3 is 0 Å². The van der Waals surface area contributed by atoms with Crippen LogP contribution in [0.5, 0.6) is 0 Å². The second kappa shape index (κ2) is 12.3. The third-order valence-corrected chi connectivity index (χ3v) is 6.63. The van der Waals surface area contributed by atoms with E-state index >= 15 is 0 Å². The van der Waals surface area contributed by atoms with Gasteiger partial charge in [0.05, 0.1) is 0 Å². The molecule has 0 aliphatic heterocycles. The van der Waals surface area contributed by atoms with Crippen LogP contribution in [0.2, 0.25) is 0 Å². The van der Waals surface area contributed by atoms with E-state index in [1.54, 1.807) is 0 Å². The van der Waals surface area contributed by atoms with Crippen LogP contribution in [0.1, 0.15) is 112 Å². The summed E-state index contributed by atoms with van der Waals surface area (Å²) < 4.78 is 0. The molecule has 1 fully saturated rings. The number of rotatable bonds is 14. The fraction of sp³-hybridized carbons (Fsp3) is 1.00. The molecule has 138 valence electrons. The molecule has 1 rings (SSSR count). The molecule has 1 saturated carbocycles. The van der Waals surface area contributed by atoms with Gasteiger partial charge in [-0.15, -0.1) is 0 Å². The molecule has 0 aromatic heterocycles. The van der Waals surface area contributed by atoms with Crippen molar-refractivity contribution in [2.24, 2.45) is 17.8 Å². The number of unbranched alkanes of at least 4 members (excludes halogenated alkanes) is 1. The Balaban J connectivity index is 2.34. The van der Waals surface area contributed by atoms with Crippen LogP contribution >= 0.6 is 0 Å². The molecule has 1 heteroatoms. The zero-order valence-electron chi connectivity index (χ0n) is 16.9. The highest BCUT2D eigenvalue weighted by Crippen LogP contribution is 2.30. The Bertz CT molecular complexity index is 271. The summed E-state index contributed by atoms with van der Waals surface area (Å²) in [5.74, 6) is 2.73. The lowest BCUT2D eigenvalue weighted by Crippen LogP contribution is -2.46. The Morgan fingerprint density at radius 1 is 0.870 bits per heavy atom. The summed E-state index contributed by atoms with van der Waals surface area (Å²) in [6, 6.07) is 1.57. The quantitative estimate of drug-likeness (QED) is 0.364. The van der Waals surface area contributed by atoms with Gasteiger partial charge in [-0.2, -0.15) is 0 Å². The second-order valence-corrected chi connectivity index (χ2v) is 8.18. The Kier molecular flexibility index (Phi) is 11.3. The van der Waals surface area contributed by atoms with Crippen LogP contribution in [0.3, 0.4) is 0 Å². The maximum absolute atomic E-state index is 3.96. The van der Waals surface area contributed by atoms with Crippen LogP contribution in [0.4, 0.5) is 0 Å². The van der Waals surface area contributed by atoms with E-state index in [1.165, 1.54) is 77.0 Å². The van der Waals surface area contributed by atoms with Crippen molar-refractivity contribution in [3.8, 4) is 0 Å². The average Bonchev–Trinajstić information content (AvgIpc) is 2.53. The minimum atomic E-state index is 0.743. The van der Waals surface area contributed by atoms with Gasteiger partial charge in [0, 0.05) is 12.1 Å². The van der Waals surface area contributed by atoms with Crippen molar-refractivity contribution in [2.75, 3.05) is 0 Å². The SMILES string of the molecule is CCCCC(CC)CCCC(CC)C(C)C(CC)NC1CCC1. The average molecular weight is 324 g/mol. The van der Waals surface area contributed by atoms with Crippen LogP contribution in [-0.2, 0) is 0 Å². The molecular weight excluding hydrogens is 278 g/mol. The van der Waals surface area contributed by atoms with Gasteiger partial charge in [0.25, 0.3) is 0 Å². The Hall–Kier alpha value is -0.0400. The molecule has 0 aromatic rings. The molecule has 1 aliphatic rings. The maximum Gasteiger partial charge on any atom is 0.00952 e. The summed E-state index contributed by atoms with van der Waals surface area (Å²) in [6.45, 7) is 12.0. The number of nitrogens with one attached hydrogen (secondary N) is 1. The van der Waals surface area contributed by atoms with Crippen LogP contribution in [0, 0.1) is 17.8 Å². The topological polar surface area (TPSA) is 12.0 Å². The van der Waals surface area contributed by atoms with Crippen molar-refractivity contribution in [2.45, 2.75) is 124 Å². The summed E-state index contributed by atoms with van der Waals surface area (Å²) in [7, 11) is 0. The van der Waals surface area contributed by atoms with Gasteiger partial charge in [-0.3, -0.25) is 0 Å². The fourth-order valence-electron chi connectivity index (χ4n) is 4.40. The first-order valence-electron chi connectivity index (χ1n) is 10.9. The summed E-state index contributed by atoms with van der Waals surface area (Å²) >= 11 is 0. The molecule has 0 saturated heterocycles. The van der Waals surface area contributed by atoms with Crippen LogP contribution in [0.15, 0.2) is 0 Å². The summed E-state index contributed by atoms with van der Waals surface area (Å²) in [5.41, 5.74) is 0. The highest BCUT2D eigenvalue weighted by atomic mass is 15.0. The third-order valence-electron chi connectivity index (χ3n) is 6.63. The zero-order valence-corrected chi connectivity index (χ0v) is 16.9. The fourth-order valence-corrected chi connectivity index (χ4v) is 4.40. The first-order valence-corrected chi connectivity index (χ1v) is 10.9. The highest BCUT2D eigenvalue weighted by molar-refractivity contribution is 4.85. The molecule has 1 nitrogen and oxygen atoms in total. The third kappa shape index (κ3) is 7.59. The summed E-state index contributed by atoms with van der Waals surface area (Å²) in [4.78, 5) is 0. The maximum atomic E-state index is 3.96. The molecule has 0 radical (unpaired) electrons. The van der Waals surface area contributed by atoms with Gasteiger partial charge < -0.3 is 5.32 Å². The number of hydrogen-bond acceptors (Lipinski definition) is 1. The van der Waals surface area contributed by atoms with E-state index in [-0.39, 0.29) is 0 Å². The zero-order chi connectivity index (χ0) is 17.1. The van der Waals surface area contributed by atoms with E-state index in [0.717, 1.165) is 29.8 Å². The smallest absolute Gasteiger partial charge is 0.00952 e. The van der Waals surface area contributed by atoms with Crippen LogP contribution in [-0.4, -0.2) is 12.1 Å². The first-order chi connectivity index (χ1) is 11.2. The van der Waals surface area contributed by atoms with E-state index in [4.69, 9.17) is 0 Å². The van der Waals surface area contributed by atoms with Crippen molar-refractivity contribution in [3.05, 3.63) is 0 Å². The first kappa shape index (κ1) is 21.0. The molecule has 0 aromatic carbocycles. The van der Waals surface area contributed by atoms with E-state index in [0.29, 0.717) is 0 Å². The largest absolute Gasteiger partial charge is 0.311 e. The van der Waals surface area contributed by atoms with Crippen molar-refractivity contribution >= 4 is 0 Å². The molecule has 1 N–H and O–H groups in total. The van der Waals surface area contributed by atoms with Gasteiger partial charge in [-0.1, -0.05) is 92.4 Å². The molecule has 1 aliphatic carbocycles.